The van der Waals surface area contributed by atoms with Crippen molar-refractivity contribution >= 4 is 11.8 Å². The molecule has 190 valence electrons. The van der Waals surface area contributed by atoms with Crippen molar-refractivity contribution < 1.29 is 9.59 Å². The van der Waals surface area contributed by atoms with E-state index in [1.54, 1.807) is 0 Å². The van der Waals surface area contributed by atoms with Crippen molar-refractivity contribution in [3.63, 3.8) is 0 Å². The molecule has 1 heterocycles. The van der Waals surface area contributed by atoms with E-state index in [1.807, 2.05) is 0 Å². The van der Waals surface area contributed by atoms with Crippen LogP contribution in [0.25, 0.3) is 0 Å². The molecule has 2 bridgehead atoms. The molecule has 0 aromatic heterocycles. The van der Waals surface area contributed by atoms with Gasteiger partial charge in [-0.05, 0) is 90.2 Å². The Labute approximate surface area is 205 Å². The van der Waals surface area contributed by atoms with E-state index < -0.39 is 0 Å². The minimum atomic E-state index is -0.225. The van der Waals surface area contributed by atoms with E-state index in [9.17, 15) is 9.59 Å². The van der Waals surface area contributed by atoms with Gasteiger partial charge in [0.2, 0.25) is 11.8 Å². The minimum absolute atomic E-state index is 0.225. The van der Waals surface area contributed by atoms with Gasteiger partial charge in [0.25, 0.3) is 0 Å². The third-order valence-corrected chi connectivity index (χ3v) is 5.85. The number of amides is 2. The summed E-state index contributed by atoms with van der Waals surface area (Å²) in [7, 11) is 4.22. The van der Waals surface area contributed by atoms with Crippen molar-refractivity contribution in [2.75, 3.05) is 66.5 Å². The second kappa shape index (κ2) is 17.2. The van der Waals surface area contributed by atoms with Crippen LogP contribution in [-0.2, 0) is 22.7 Å². The SMILES string of the molecule is CN1CCCNCc2cccc(c2)CNCCCN(C)CCCNC(=O)C=CC(=O)NCCC1. The Bertz CT molecular complexity index is 697. The molecule has 0 aliphatic carbocycles. The highest BCUT2D eigenvalue weighted by Crippen LogP contribution is 2.05. The number of fused-ring (bicyclic) bond motifs is 2. The Hall–Kier alpha value is -2.26. The zero-order chi connectivity index (χ0) is 24.4. The number of carbonyl (C=O) groups is 2. The van der Waals surface area contributed by atoms with Crippen LogP contribution in [0.2, 0.25) is 0 Å². The van der Waals surface area contributed by atoms with Crippen LogP contribution in [0.15, 0.2) is 36.4 Å². The van der Waals surface area contributed by atoms with Crippen LogP contribution in [0.4, 0.5) is 0 Å². The van der Waals surface area contributed by atoms with Crippen LogP contribution < -0.4 is 21.3 Å². The van der Waals surface area contributed by atoms with Gasteiger partial charge in [0.15, 0.2) is 0 Å². The number of nitrogens with one attached hydrogen (secondary N) is 4. The maximum absolute atomic E-state index is 11.9. The van der Waals surface area contributed by atoms with Crippen molar-refractivity contribution in [2.45, 2.75) is 38.8 Å². The largest absolute Gasteiger partial charge is 0.353 e. The summed E-state index contributed by atoms with van der Waals surface area (Å²) >= 11 is 0. The summed E-state index contributed by atoms with van der Waals surface area (Å²) in [5.74, 6) is -0.450. The highest BCUT2D eigenvalue weighted by atomic mass is 16.2. The Kier molecular flexibility index (Phi) is 14.2. The van der Waals surface area contributed by atoms with Gasteiger partial charge in [0.05, 0.1) is 0 Å². The van der Waals surface area contributed by atoms with Crippen LogP contribution in [0.1, 0.15) is 36.8 Å². The average molecular weight is 473 g/mol. The van der Waals surface area contributed by atoms with Gasteiger partial charge in [0, 0.05) is 38.3 Å². The average Bonchev–Trinajstić information content (AvgIpc) is 2.82. The van der Waals surface area contributed by atoms with E-state index >= 15 is 0 Å². The molecule has 2 amide bonds. The summed E-state index contributed by atoms with van der Waals surface area (Å²) in [6.45, 7) is 8.81. The van der Waals surface area contributed by atoms with Gasteiger partial charge in [0.1, 0.15) is 0 Å². The van der Waals surface area contributed by atoms with E-state index in [-0.39, 0.29) is 11.8 Å². The van der Waals surface area contributed by atoms with Gasteiger partial charge in [-0.15, -0.1) is 0 Å². The molecule has 0 atom stereocenters. The molecule has 4 N–H and O–H groups in total. The number of rotatable bonds is 0. The quantitative estimate of drug-likeness (QED) is 0.452. The molecule has 8 nitrogen and oxygen atoms in total. The smallest absolute Gasteiger partial charge is 0.244 e. The third-order valence-electron chi connectivity index (χ3n) is 5.85. The van der Waals surface area contributed by atoms with E-state index in [2.05, 4.69) is 69.4 Å². The van der Waals surface area contributed by atoms with Crippen LogP contribution in [-0.4, -0.2) is 88.1 Å². The summed E-state index contributed by atoms with van der Waals surface area (Å²) in [6, 6.07) is 8.78. The molecule has 0 unspecified atom stereocenters. The summed E-state index contributed by atoms with van der Waals surface area (Å²) in [6.07, 6.45) is 6.54. The predicted octanol–water partition coefficient (Wildman–Crippen LogP) is 1.09. The monoisotopic (exact) mass is 472 g/mol. The normalized spacial score (nSPS) is 20.8. The van der Waals surface area contributed by atoms with Gasteiger partial charge in [-0.25, -0.2) is 0 Å². The fourth-order valence-corrected chi connectivity index (χ4v) is 3.88. The third kappa shape index (κ3) is 13.4. The van der Waals surface area contributed by atoms with Crippen molar-refractivity contribution in [1.82, 2.24) is 31.1 Å². The first kappa shape index (κ1) is 28.0. The summed E-state index contributed by atoms with van der Waals surface area (Å²) < 4.78 is 0. The maximum atomic E-state index is 11.9. The minimum Gasteiger partial charge on any atom is -0.353 e. The Morgan fingerprint density at radius 2 is 1.06 bits per heavy atom. The molecule has 0 spiro atoms. The van der Waals surface area contributed by atoms with E-state index in [4.69, 9.17) is 0 Å². The van der Waals surface area contributed by atoms with Gasteiger partial charge in [-0.3, -0.25) is 9.59 Å². The first-order chi connectivity index (χ1) is 16.5. The van der Waals surface area contributed by atoms with Crippen LogP contribution in [0.5, 0.6) is 0 Å². The lowest BCUT2D eigenvalue weighted by Gasteiger charge is -2.17. The lowest BCUT2D eigenvalue weighted by molar-refractivity contribution is -0.118. The molecule has 0 fully saturated rings. The fourth-order valence-electron chi connectivity index (χ4n) is 3.88. The van der Waals surface area contributed by atoms with E-state index in [1.165, 1.54) is 23.3 Å². The fraction of sp³-hybridized carbons (Fsp3) is 0.615. The number of benzene rings is 1. The molecule has 1 aromatic carbocycles. The zero-order valence-electron chi connectivity index (χ0n) is 21.1. The molecule has 1 aliphatic rings. The zero-order valence-corrected chi connectivity index (χ0v) is 21.1. The molecule has 8 heteroatoms. The molecular formula is C26H44N6O2. The number of nitrogens with zero attached hydrogens (tertiary/aromatic N) is 2. The standard InChI is InChI=1S/C26H44N6O2/c1-31-16-4-12-27-21-23-8-3-9-24(20-23)22-28-13-5-17-32(2)19-7-15-30-26(34)11-10-25(33)29-14-6-18-31/h3,8-11,20,27-28H,4-7,12-19,21-22H2,1-2H3,(H,29,33)(H,30,34). The molecule has 0 saturated heterocycles. The molecule has 1 aliphatic heterocycles. The second-order valence-electron chi connectivity index (χ2n) is 9.11. The molecule has 0 radical (unpaired) electrons. The first-order valence-corrected chi connectivity index (χ1v) is 12.6. The maximum Gasteiger partial charge on any atom is 0.244 e. The molecule has 1 aromatic rings. The highest BCUT2D eigenvalue weighted by Gasteiger charge is 2.03. The highest BCUT2D eigenvalue weighted by molar-refractivity contribution is 5.96. The van der Waals surface area contributed by atoms with Gasteiger partial charge in [-0.1, -0.05) is 24.3 Å². The Balaban J connectivity index is 1.80. The Morgan fingerprint density at radius 3 is 1.50 bits per heavy atom. The van der Waals surface area contributed by atoms with Crippen molar-refractivity contribution in [1.29, 1.82) is 0 Å². The van der Waals surface area contributed by atoms with E-state index in [0.29, 0.717) is 13.1 Å². The number of hydrogen-bond acceptors (Lipinski definition) is 6. The Morgan fingerprint density at radius 1 is 0.647 bits per heavy atom. The number of carbonyl (C=O) groups excluding carboxylic acids is 2. The van der Waals surface area contributed by atoms with Gasteiger partial charge < -0.3 is 31.1 Å². The summed E-state index contributed by atoms with van der Waals surface area (Å²) in [5.41, 5.74) is 2.64. The lowest BCUT2D eigenvalue weighted by Crippen LogP contribution is -2.30. The topological polar surface area (TPSA) is 88.7 Å². The molecular weight excluding hydrogens is 428 g/mol. The molecule has 34 heavy (non-hydrogen) atoms. The lowest BCUT2D eigenvalue weighted by atomic mass is 10.1. The second-order valence-corrected chi connectivity index (χ2v) is 9.11. The van der Waals surface area contributed by atoms with Crippen LogP contribution in [0.3, 0.4) is 0 Å². The van der Waals surface area contributed by atoms with E-state index in [0.717, 1.165) is 78.0 Å². The van der Waals surface area contributed by atoms with Crippen molar-refractivity contribution in [2.24, 2.45) is 0 Å². The van der Waals surface area contributed by atoms with Crippen molar-refractivity contribution in [3.8, 4) is 0 Å². The molecule has 0 saturated carbocycles. The van der Waals surface area contributed by atoms with Crippen LogP contribution >= 0.6 is 0 Å². The van der Waals surface area contributed by atoms with Crippen LogP contribution in [0, 0.1) is 0 Å². The number of hydrogen-bond donors (Lipinski definition) is 4. The summed E-state index contributed by atoms with van der Waals surface area (Å²) in [5, 5.41) is 12.8. The predicted molar refractivity (Wildman–Crippen MR) is 138 cm³/mol. The molecule has 2 rings (SSSR count). The summed E-state index contributed by atoms with van der Waals surface area (Å²) in [4.78, 5) is 28.3. The van der Waals surface area contributed by atoms with Gasteiger partial charge >= 0.3 is 0 Å². The van der Waals surface area contributed by atoms with Gasteiger partial charge in [-0.2, -0.15) is 0 Å². The first-order valence-electron chi connectivity index (χ1n) is 12.6. The van der Waals surface area contributed by atoms with Crippen molar-refractivity contribution in [3.05, 3.63) is 47.5 Å².